The van der Waals surface area contributed by atoms with Crippen LogP contribution in [0.5, 0.6) is 5.75 Å². The summed E-state index contributed by atoms with van der Waals surface area (Å²) in [6.45, 7) is 0. The second kappa shape index (κ2) is 6.54. The van der Waals surface area contributed by atoms with Gasteiger partial charge in [0.25, 0.3) is 5.91 Å². The Kier molecular flexibility index (Phi) is 4.93. The zero-order valence-corrected chi connectivity index (χ0v) is 12.0. The minimum Gasteiger partial charge on any atom is -0.494 e. The van der Waals surface area contributed by atoms with Gasteiger partial charge >= 0.3 is 6.18 Å². The quantitative estimate of drug-likeness (QED) is 0.863. The van der Waals surface area contributed by atoms with Crippen LogP contribution >= 0.6 is 0 Å². The first kappa shape index (κ1) is 16.6. The monoisotopic (exact) mass is 319 g/mol. The maximum absolute atomic E-state index is 13.6. The fourth-order valence-electron chi connectivity index (χ4n) is 2.69. The number of ether oxygens (including phenoxy) is 1. The van der Waals surface area contributed by atoms with Crippen molar-refractivity contribution in [3.8, 4) is 5.75 Å². The molecule has 7 heteroatoms. The molecular formula is C15H17F4NO2. The van der Waals surface area contributed by atoms with Gasteiger partial charge in [-0.25, -0.2) is 4.39 Å². The van der Waals surface area contributed by atoms with Crippen molar-refractivity contribution >= 4 is 5.91 Å². The number of hydrogen-bond donors (Lipinski definition) is 1. The fraction of sp³-hybridized carbons (Fsp3) is 0.533. The van der Waals surface area contributed by atoms with E-state index in [1.807, 2.05) is 0 Å². The Labute approximate surface area is 125 Å². The van der Waals surface area contributed by atoms with Gasteiger partial charge in [0.15, 0.2) is 11.6 Å². The number of carbonyl (C=O) groups is 1. The molecule has 1 fully saturated rings. The summed E-state index contributed by atoms with van der Waals surface area (Å²) in [6.07, 6.45) is -3.38. The van der Waals surface area contributed by atoms with Gasteiger partial charge in [0.05, 0.1) is 13.0 Å². The first-order valence-corrected chi connectivity index (χ1v) is 7.02. The number of nitrogens with one attached hydrogen (secondary N) is 1. The van der Waals surface area contributed by atoms with Gasteiger partial charge in [-0.1, -0.05) is 6.42 Å². The lowest BCUT2D eigenvalue weighted by atomic mass is 9.85. The number of rotatable bonds is 3. The molecule has 0 unspecified atom stereocenters. The van der Waals surface area contributed by atoms with E-state index in [1.165, 1.54) is 19.2 Å². The second-order valence-electron chi connectivity index (χ2n) is 5.42. The zero-order chi connectivity index (χ0) is 16.3. The number of carbonyl (C=O) groups excluding carboxylic acids is 1. The minimum absolute atomic E-state index is 0.00588. The Balaban J connectivity index is 2.01. The Hall–Kier alpha value is -1.79. The van der Waals surface area contributed by atoms with Crippen LogP contribution in [0.25, 0.3) is 0 Å². The molecule has 0 bridgehead atoms. The molecular weight excluding hydrogens is 302 g/mol. The molecule has 0 spiro atoms. The van der Waals surface area contributed by atoms with Crippen LogP contribution in [0.2, 0.25) is 0 Å². The summed E-state index contributed by atoms with van der Waals surface area (Å²) >= 11 is 0. The molecule has 0 heterocycles. The van der Waals surface area contributed by atoms with Crippen LogP contribution in [-0.4, -0.2) is 25.2 Å². The van der Waals surface area contributed by atoms with Crippen molar-refractivity contribution in [2.24, 2.45) is 5.92 Å². The summed E-state index contributed by atoms with van der Waals surface area (Å²) in [6, 6.07) is 3.15. The lowest BCUT2D eigenvalue weighted by molar-refractivity contribution is -0.183. The predicted molar refractivity (Wildman–Crippen MR) is 72.2 cm³/mol. The van der Waals surface area contributed by atoms with Gasteiger partial charge < -0.3 is 10.1 Å². The third-order valence-corrected chi connectivity index (χ3v) is 3.89. The van der Waals surface area contributed by atoms with Gasteiger partial charge in [-0.05, 0) is 37.5 Å². The van der Waals surface area contributed by atoms with E-state index in [4.69, 9.17) is 4.74 Å². The molecule has 0 saturated heterocycles. The third kappa shape index (κ3) is 3.90. The van der Waals surface area contributed by atoms with Crippen molar-refractivity contribution in [3.05, 3.63) is 29.6 Å². The van der Waals surface area contributed by atoms with E-state index in [-0.39, 0.29) is 24.2 Å². The molecule has 22 heavy (non-hydrogen) atoms. The van der Waals surface area contributed by atoms with Crippen molar-refractivity contribution in [1.82, 2.24) is 5.32 Å². The van der Waals surface area contributed by atoms with Crippen molar-refractivity contribution in [2.75, 3.05) is 7.11 Å². The largest absolute Gasteiger partial charge is 0.494 e. The number of halogens is 4. The Morgan fingerprint density at radius 3 is 2.64 bits per heavy atom. The van der Waals surface area contributed by atoms with Crippen LogP contribution in [0.3, 0.4) is 0 Å². The highest BCUT2D eigenvalue weighted by molar-refractivity contribution is 5.94. The number of amides is 1. The van der Waals surface area contributed by atoms with Crippen LogP contribution in [0.4, 0.5) is 17.6 Å². The number of benzene rings is 1. The van der Waals surface area contributed by atoms with Crippen LogP contribution in [0.15, 0.2) is 18.2 Å². The highest BCUT2D eigenvalue weighted by Gasteiger charge is 2.42. The molecule has 1 saturated carbocycles. The normalized spacial score (nSPS) is 22.2. The molecule has 2 rings (SSSR count). The maximum atomic E-state index is 13.6. The standard InChI is InChI=1S/C15H17F4NO2/c1-22-13-6-5-9(7-12(13)16)14(21)20-11-4-2-3-10(8-11)15(17,18)19/h5-7,10-11H,2-4,8H2,1H3,(H,20,21)/t10-,11+/m0/s1. The van der Waals surface area contributed by atoms with E-state index in [0.29, 0.717) is 12.8 Å². The summed E-state index contributed by atoms with van der Waals surface area (Å²) in [7, 11) is 1.30. The average Bonchev–Trinajstić information content (AvgIpc) is 2.46. The molecule has 2 atom stereocenters. The van der Waals surface area contributed by atoms with E-state index in [2.05, 4.69) is 5.32 Å². The van der Waals surface area contributed by atoms with Gasteiger partial charge in [0, 0.05) is 11.6 Å². The van der Waals surface area contributed by atoms with Crippen molar-refractivity contribution in [1.29, 1.82) is 0 Å². The Bertz CT molecular complexity index is 545. The summed E-state index contributed by atoms with van der Waals surface area (Å²) in [5.41, 5.74) is 0.0624. The average molecular weight is 319 g/mol. The van der Waals surface area contributed by atoms with E-state index in [0.717, 1.165) is 6.07 Å². The summed E-state index contributed by atoms with van der Waals surface area (Å²) in [5.74, 6) is -2.65. The number of alkyl halides is 3. The Morgan fingerprint density at radius 2 is 2.05 bits per heavy atom. The highest BCUT2D eigenvalue weighted by Crippen LogP contribution is 2.37. The smallest absolute Gasteiger partial charge is 0.391 e. The van der Waals surface area contributed by atoms with E-state index >= 15 is 0 Å². The predicted octanol–water partition coefficient (Wildman–Crippen LogP) is 3.69. The topological polar surface area (TPSA) is 38.3 Å². The number of methoxy groups -OCH3 is 1. The molecule has 1 aliphatic carbocycles. The van der Waals surface area contributed by atoms with Gasteiger partial charge in [0.1, 0.15) is 0 Å². The van der Waals surface area contributed by atoms with Crippen LogP contribution in [0, 0.1) is 11.7 Å². The molecule has 1 N–H and O–H groups in total. The fourth-order valence-corrected chi connectivity index (χ4v) is 2.69. The molecule has 0 aliphatic heterocycles. The lowest BCUT2D eigenvalue weighted by Crippen LogP contribution is -2.41. The van der Waals surface area contributed by atoms with Crippen LogP contribution < -0.4 is 10.1 Å². The molecule has 1 amide bonds. The highest BCUT2D eigenvalue weighted by atomic mass is 19.4. The second-order valence-corrected chi connectivity index (χ2v) is 5.42. The molecule has 1 aliphatic rings. The van der Waals surface area contributed by atoms with E-state index in [1.54, 1.807) is 0 Å². The van der Waals surface area contributed by atoms with Crippen molar-refractivity contribution < 1.29 is 27.1 Å². The maximum Gasteiger partial charge on any atom is 0.391 e. The minimum atomic E-state index is -4.24. The molecule has 0 aromatic heterocycles. The van der Waals surface area contributed by atoms with Gasteiger partial charge in [0.2, 0.25) is 0 Å². The lowest BCUT2D eigenvalue weighted by Gasteiger charge is -2.31. The molecule has 1 aromatic carbocycles. The van der Waals surface area contributed by atoms with E-state index in [9.17, 15) is 22.4 Å². The molecule has 122 valence electrons. The van der Waals surface area contributed by atoms with E-state index < -0.39 is 29.9 Å². The summed E-state index contributed by atoms with van der Waals surface area (Å²) < 4.78 is 56.5. The molecule has 3 nitrogen and oxygen atoms in total. The SMILES string of the molecule is COc1ccc(C(=O)N[C@@H]2CCC[C@H](C(F)(F)F)C2)cc1F. The molecule has 1 aromatic rings. The summed E-state index contributed by atoms with van der Waals surface area (Å²) in [4.78, 5) is 12.0. The number of hydrogen-bond acceptors (Lipinski definition) is 2. The first-order chi connectivity index (χ1) is 10.3. The third-order valence-electron chi connectivity index (χ3n) is 3.89. The van der Waals surface area contributed by atoms with Crippen LogP contribution in [0.1, 0.15) is 36.0 Å². The zero-order valence-electron chi connectivity index (χ0n) is 12.0. The van der Waals surface area contributed by atoms with Crippen LogP contribution in [-0.2, 0) is 0 Å². The van der Waals surface area contributed by atoms with Crippen molar-refractivity contribution in [3.63, 3.8) is 0 Å². The van der Waals surface area contributed by atoms with Gasteiger partial charge in [-0.2, -0.15) is 13.2 Å². The van der Waals surface area contributed by atoms with Crippen molar-refractivity contribution in [2.45, 2.75) is 37.9 Å². The first-order valence-electron chi connectivity index (χ1n) is 7.02. The van der Waals surface area contributed by atoms with Gasteiger partial charge in [-0.15, -0.1) is 0 Å². The summed E-state index contributed by atoms with van der Waals surface area (Å²) in [5, 5.41) is 2.56. The molecule has 0 radical (unpaired) electrons. The Morgan fingerprint density at radius 1 is 1.32 bits per heavy atom. The van der Waals surface area contributed by atoms with Gasteiger partial charge in [-0.3, -0.25) is 4.79 Å².